The van der Waals surface area contributed by atoms with E-state index in [4.69, 9.17) is 9.15 Å². The Bertz CT molecular complexity index is 634. The lowest BCUT2D eigenvalue weighted by molar-refractivity contribution is -0.131. The van der Waals surface area contributed by atoms with Gasteiger partial charge in [-0.05, 0) is 51.7 Å². The van der Waals surface area contributed by atoms with Crippen molar-refractivity contribution in [3.8, 4) is 5.75 Å². The van der Waals surface area contributed by atoms with Crippen molar-refractivity contribution in [3.05, 3.63) is 52.4 Å². The topological polar surface area (TPSA) is 42.7 Å². The molecule has 0 N–H and O–H groups in total. The first kappa shape index (κ1) is 17.6. The van der Waals surface area contributed by atoms with Crippen molar-refractivity contribution in [2.24, 2.45) is 0 Å². The Morgan fingerprint density at radius 2 is 1.91 bits per heavy atom. The van der Waals surface area contributed by atoms with E-state index in [9.17, 15) is 4.79 Å². The summed E-state index contributed by atoms with van der Waals surface area (Å²) in [7, 11) is 1.76. The van der Waals surface area contributed by atoms with E-state index in [2.05, 4.69) is 41.9 Å². The molecule has 0 atom stereocenters. The van der Waals surface area contributed by atoms with Crippen molar-refractivity contribution in [3.63, 3.8) is 0 Å². The van der Waals surface area contributed by atoms with Gasteiger partial charge < -0.3 is 14.1 Å². The molecule has 0 spiro atoms. The Hall–Kier alpha value is -1.75. The fourth-order valence-electron chi connectivity index (χ4n) is 2.15. The Morgan fingerprint density at radius 1 is 1.22 bits per heavy atom. The molecular formula is C18H22BrNO3. The molecule has 2 rings (SSSR count). The second-order valence-electron chi connectivity index (χ2n) is 5.78. The Kier molecular flexibility index (Phi) is 6.28. The lowest BCUT2D eigenvalue weighted by Gasteiger charge is -2.16. The van der Waals surface area contributed by atoms with Gasteiger partial charge in [-0.3, -0.25) is 4.79 Å². The van der Waals surface area contributed by atoms with Gasteiger partial charge in [0.1, 0.15) is 11.5 Å². The van der Waals surface area contributed by atoms with Gasteiger partial charge in [0, 0.05) is 7.05 Å². The largest absolute Gasteiger partial charge is 0.493 e. The minimum Gasteiger partial charge on any atom is -0.493 e. The zero-order valence-corrected chi connectivity index (χ0v) is 15.3. The average Bonchev–Trinajstić information content (AvgIpc) is 2.92. The van der Waals surface area contributed by atoms with Gasteiger partial charge in [0.25, 0.3) is 0 Å². The second-order valence-corrected chi connectivity index (χ2v) is 6.56. The molecule has 2 aromatic rings. The lowest BCUT2D eigenvalue weighted by atomic mass is 10.0. The van der Waals surface area contributed by atoms with Gasteiger partial charge in [0.2, 0.25) is 5.91 Å². The van der Waals surface area contributed by atoms with Crippen LogP contribution in [0.25, 0.3) is 0 Å². The highest BCUT2D eigenvalue weighted by atomic mass is 79.9. The summed E-state index contributed by atoms with van der Waals surface area (Å²) in [5, 5.41) is 0. The summed E-state index contributed by atoms with van der Waals surface area (Å²) in [6.45, 7) is 5.13. The van der Waals surface area contributed by atoms with Crippen LogP contribution in [0, 0.1) is 0 Å². The molecule has 0 fully saturated rings. The van der Waals surface area contributed by atoms with E-state index in [1.165, 1.54) is 5.56 Å². The molecular weight excluding hydrogens is 358 g/mol. The first-order valence-corrected chi connectivity index (χ1v) is 8.46. The minimum absolute atomic E-state index is 0.0244. The molecule has 0 radical (unpaired) electrons. The first-order chi connectivity index (χ1) is 11.0. The van der Waals surface area contributed by atoms with Gasteiger partial charge in [-0.15, -0.1) is 0 Å². The van der Waals surface area contributed by atoms with E-state index in [1.807, 2.05) is 24.3 Å². The highest BCUT2D eigenvalue weighted by molar-refractivity contribution is 9.10. The number of benzene rings is 1. The predicted molar refractivity (Wildman–Crippen MR) is 93.5 cm³/mol. The van der Waals surface area contributed by atoms with Crippen molar-refractivity contribution in [2.45, 2.75) is 32.7 Å². The Morgan fingerprint density at radius 3 is 2.48 bits per heavy atom. The molecule has 1 aromatic carbocycles. The van der Waals surface area contributed by atoms with Crippen LogP contribution in [0.15, 0.2) is 45.5 Å². The first-order valence-electron chi connectivity index (χ1n) is 7.66. The molecule has 5 heteroatoms. The molecule has 4 nitrogen and oxygen atoms in total. The number of carbonyl (C=O) groups excluding carboxylic acids is 1. The SMILES string of the molecule is CC(C)c1ccc(OCCC(=O)N(C)Cc2ccc(Br)o2)cc1. The number of halogens is 1. The summed E-state index contributed by atoms with van der Waals surface area (Å²) >= 11 is 3.25. The summed E-state index contributed by atoms with van der Waals surface area (Å²) in [5.74, 6) is 2.06. The third kappa shape index (κ3) is 5.43. The van der Waals surface area contributed by atoms with Crippen LogP contribution in [0.4, 0.5) is 0 Å². The summed E-state index contributed by atoms with van der Waals surface area (Å²) in [5.41, 5.74) is 1.28. The van der Waals surface area contributed by atoms with Crippen molar-refractivity contribution in [1.29, 1.82) is 0 Å². The van der Waals surface area contributed by atoms with Crippen LogP contribution in [0.5, 0.6) is 5.75 Å². The predicted octanol–water partition coefficient (Wildman–Crippen LogP) is 4.59. The van der Waals surface area contributed by atoms with Crippen LogP contribution in [-0.2, 0) is 11.3 Å². The maximum atomic E-state index is 12.1. The number of rotatable bonds is 7. The van der Waals surface area contributed by atoms with E-state index in [0.717, 1.165) is 11.5 Å². The van der Waals surface area contributed by atoms with E-state index in [0.29, 0.717) is 30.2 Å². The fourth-order valence-corrected chi connectivity index (χ4v) is 2.49. The molecule has 1 heterocycles. The summed E-state index contributed by atoms with van der Waals surface area (Å²) in [4.78, 5) is 13.7. The fraction of sp³-hybridized carbons (Fsp3) is 0.389. The maximum absolute atomic E-state index is 12.1. The summed E-state index contributed by atoms with van der Waals surface area (Å²) < 4.78 is 11.7. The van der Waals surface area contributed by atoms with Gasteiger partial charge in [-0.25, -0.2) is 0 Å². The van der Waals surface area contributed by atoms with Crippen LogP contribution in [0.2, 0.25) is 0 Å². The number of hydrogen-bond acceptors (Lipinski definition) is 3. The molecule has 0 aliphatic heterocycles. The minimum atomic E-state index is 0.0244. The molecule has 1 aromatic heterocycles. The van der Waals surface area contributed by atoms with Gasteiger partial charge >= 0.3 is 0 Å². The van der Waals surface area contributed by atoms with Crippen LogP contribution in [0.3, 0.4) is 0 Å². The summed E-state index contributed by atoms with van der Waals surface area (Å²) in [6.07, 6.45) is 0.338. The molecule has 23 heavy (non-hydrogen) atoms. The smallest absolute Gasteiger partial charge is 0.226 e. The van der Waals surface area contributed by atoms with E-state index < -0.39 is 0 Å². The van der Waals surface area contributed by atoms with Crippen LogP contribution < -0.4 is 4.74 Å². The van der Waals surface area contributed by atoms with E-state index in [1.54, 1.807) is 11.9 Å². The van der Waals surface area contributed by atoms with Crippen LogP contribution >= 0.6 is 15.9 Å². The third-order valence-corrected chi connectivity index (χ3v) is 4.01. The number of furan rings is 1. The van der Waals surface area contributed by atoms with E-state index in [-0.39, 0.29) is 5.91 Å². The van der Waals surface area contributed by atoms with Gasteiger partial charge in [0.05, 0.1) is 19.6 Å². The number of hydrogen-bond donors (Lipinski definition) is 0. The second kappa shape index (κ2) is 8.20. The van der Waals surface area contributed by atoms with Gasteiger partial charge in [-0.2, -0.15) is 0 Å². The quantitative estimate of drug-likeness (QED) is 0.706. The normalized spacial score (nSPS) is 10.8. The molecule has 0 unspecified atom stereocenters. The monoisotopic (exact) mass is 379 g/mol. The van der Waals surface area contributed by atoms with Crippen molar-refractivity contribution >= 4 is 21.8 Å². The lowest BCUT2D eigenvalue weighted by Crippen LogP contribution is -2.27. The Labute approximate surface area is 145 Å². The number of ether oxygens (including phenoxy) is 1. The van der Waals surface area contributed by atoms with Gasteiger partial charge in [0.15, 0.2) is 4.67 Å². The molecule has 0 aliphatic carbocycles. The third-order valence-electron chi connectivity index (χ3n) is 3.58. The molecule has 0 saturated heterocycles. The summed E-state index contributed by atoms with van der Waals surface area (Å²) in [6, 6.07) is 11.7. The molecule has 0 bridgehead atoms. The average molecular weight is 380 g/mol. The standard InChI is InChI=1S/C18H22BrNO3/c1-13(2)14-4-6-15(7-5-14)22-11-10-18(21)20(3)12-16-8-9-17(19)23-16/h4-9,13H,10-12H2,1-3H3. The zero-order chi connectivity index (χ0) is 16.8. The number of amides is 1. The van der Waals surface area contributed by atoms with Crippen molar-refractivity contribution in [2.75, 3.05) is 13.7 Å². The highest BCUT2D eigenvalue weighted by Crippen LogP contribution is 2.19. The zero-order valence-electron chi connectivity index (χ0n) is 13.7. The van der Waals surface area contributed by atoms with Crippen LogP contribution in [-0.4, -0.2) is 24.5 Å². The van der Waals surface area contributed by atoms with E-state index >= 15 is 0 Å². The Balaban J connectivity index is 1.75. The molecule has 0 aliphatic rings. The molecule has 0 saturated carbocycles. The van der Waals surface area contributed by atoms with Gasteiger partial charge in [-0.1, -0.05) is 26.0 Å². The maximum Gasteiger partial charge on any atom is 0.226 e. The van der Waals surface area contributed by atoms with Crippen molar-refractivity contribution in [1.82, 2.24) is 4.90 Å². The number of nitrogens with zero attached hydrogens (tertiary/aromatic N) is 1. The number of carbonyl (C=O) groups is 1. The van der Waals surface area contributed by atoms with Crippen LogP contribution in [0.1, 0.15) is 37.5 Å². The molecule has 124 valence electrons. The molecule has 1 amide bonds. The van der Waals surface area contributed by atoms with Crippen molar-refractivity contribution < 1.29 is 13.9 Å². The highest BCUT2D eigenvalue weighted by Gasteiger charge is 2.11.